The molecule has 21 heavy (non-hydrogen) atoms. The Morgan fingerprint density at radius 3 is 2.52 bits per heavy atom. The van der Waals surface area contributed by atoms with Crippen molar-refractivity contribution in [2.24, 2.45) is 5.73 Å². The number of benzene rings is 2. The minimum atomic E-state index is -4.00. The third kappa shape index (κ3) is 3.40. The molecule has 112 valence electrons. The van der Waals surface area contributed by atoms with Crippen LogP contribution in [0.5, 0.6) is 0 Å². The van der Waals surface area contributed by atoms with Crippen LogP contribution >= 0.6 is 0 Å². The normalized spacial score (nSPS) is 11.4. The number of rotatable bonds is 4. The average Bonchev–Trinajstić information content (AvgIpc) is 2.43. The molecule has 0 radical (unpaired) electrons. The number of anilines is 1. The molecule has 0 atom stereocenters. The molecule has 0 amide bonds. The second-order valence-electron chi connectivity index (χ2n) is 4.89. The molecule has 2 rings (SSSR count). The zero-order valence-corrected chi connectivity index (χ0v) is 12.7. The first kappa shape index (κ1) is 15.5. The van der Waals surface area contributed by atoms with E-state index >= 15 is 0 Å². The van der Waals surface area contributed by atoms with Crippen molar-refractivity contribution in [3.63, 3.8) is 0 Å². The van der Waals surface area contributed by atoms with E-state index in [0.29, 0.717) is 11.3 Å². The molecule has 3 N–H and O–H groups in total. The van der Waals surface area contributed by atoms with Crippen molar-refractivity contribution >= 4 is 15.7 Å². The van der Waals surface area contributed by atoms with Gasteiger partial charge in [-0.1, -0.05) is 18.2 Å². The summed E-state index contributed by atoms with van der Waals surface area (Å²) in [7, 11) is -4.00. The maximum atomic E-state index is 13.8. The molecule has 4 nitrogen and oxygen atoms in total. The van der Waals surface area contributed by atoms with Crippen molar-refractivity contribution in [3.05, 3.63) is 58.9 Å². The Morgan fingerprint density at radius 2 is 1.86 bits per heavy atom. The van der Waals surface area contributed by atoms with Crippen LogP contribution in [0.15, 0.2) is 41.3 Å². The first-order valence-corrected chi connectivity index (χ1v) is 7.90. The molecule has 0 fully saturated rings. The van der Waals surface area contributed by atoms with Crippen molar-refractivity contribution < 1.29 is 12.8 Å². The number of aryl methyl sites for hydroxylation is 2. The lowest BCUT2D eigenvalue weighted by Crippen LogP contribution is -2.16. The predicted octanol–water partition coefficient (Wildman–Crippen LogP) is 2.70. The summed E-state index contributed by atoms with van der Waals surface area (Å²) < 4.78 is 41.0. The minimum absolute atomic E-state index is 0.145. The highest BCUT2D eigenvalue weighted by atomic mass is 32.2. The van der Waals surface area contributed by atoms with Crippen LogP contribution < -0.4 is 10.5 Å². The molecule has 2 aromatic rings. The lowest BCUT2D eigenvalue weighted by Gasteiger charge is -2.12. The summed E-state index contributed by atoms with van der Waals surface area (Å²) in [4.78, 5) is -0.397. The summed E-state index contributed by atoms with van der Waals surface area (Å²) in [5, 5.41) is 0. The van der Waals surface area contributed by atoms with E-state index in [9.17, 15) is 12.8 Å². The van der Waals surface area contributed by atoms with Gasteiger partial charge in [0.15, 0.2) is 0 Å². The number of sulfonamides is 1. The summed E-state index contributed by atoms with van der Waals surface area (Å²) in [6.45, 7) is 3.78. The smallest absolute Gasteiger partial charge is 0.264 e. The largest absolute Gasteiger partial charge is 0.326 e. The summed E-state index contributed by atoms with van der Waals surface area (Å²) >= 11 is 0. The molecule has 0 aromatic heterocycles. The minimum Gasteiger partial charge on any atom is -0.326 e. The number of halogens is 1. The molecule has 0 aliphatic heterocycles. The van der Waals surface area contributed by atoms with Crippen LogP contribution in [-0.2, 0) is 16.6 Å². The van der Waals surface area contributed by atoms with Crippen LogP contribution in [0, 0.1) is 19.7 Å². The number of hydrogen-bond donors (Lipinski definition) is 2. The fourth-order valence-corrected chi connectivity index (χ4v) is 3.18. The zero-order chi connectivity index (χ0) is 15.6. The Morgan fingerprint density at radius 1 is 1.14 bits per heavy atom. The van der Waals surface area contributed by atoms with E-state index in [1.165, 1.54) is 12.1 Å². The molecular weight excluding hydrogens is 291 g/mol. The van der Waals surface area contributed by atoms with E-state index in [1.54, 1.807) is 19.1 Å². The van der Waals surface area contributed by atoms with Crippen molar-refractivity contribution in [2.45, 2.75) is 25.3 Å². The molecule has 2 aromatic carbocycles. The summed E-state index contributed by atoms with van der Waals surface area (Å²) in [6, 6.07) is 9.22. The van der Waals surface area contributed by atoms with Gasteiger partial charge in [0.2, 0.25) is 0 Å². The van der Waals surface area contributed by atoms with E-state index < -0.39 is 20.7 Å². The van der Waals surface area contributed by atoms with Crippen LogP contribution in [0.1, 0.15) is 16.7 Å². The van der Waals surface area contributed by atoms with E-state index in [2.05, 4.69) is 4.72 Å². The van der Waals surface area contributed by atoms with Crippen LogP contribution in [-0.4, -0.2) is 8.42 Å². The SMILES string of the molecule is Cc1ccc(C)c(NS(=O)(=O)c2cc(CN)ccc2F)c1. The van der Waals surface area contributed by atoms with Crippen molar-refractivity contribution in [1.82, 2.24) is 0 Å². The van der Waals surface area contributed by atoms with Crippen molar-refractivity contribution in [2.75, 3.05) is 4.72 Å². The Bertz CT molecular complexity index is 773. The molecule has 0 aliphatic carbocycles. The van der Waals surface area contributed by atoms with Crippen molar-refractivity contribution in [3.8, 4) is 0 Å². The van der Waals surface area contributed by atoms with Gasteiger partial charge in [-0.25, -0.2) is 12.8 Å². The average molecular weight is 308 g/mol. The summed E-state index contributed by atoms with van der Waals surface area (Å²) in [6.07, 6.45) is 0. The van der Waals surface area contributed by atoms with E-state index in [0.717, 1.165) is 17.2 Å². The van der Waals surface area contributed by atoms with Gasteiger partial charge in [-0.2, -0.15) is 0 Å². The van der Waals surface area contributed by atoms with Gasteiger partial charge in [0.25, 0.3) is 10.0 Å². The fourth-order valence-electron chi connectivity index (χ4n) is 1.93. The molecule has 0 aliphatic rings. The summed E-state index contributed by atoms with van der Waals surface area (Å²) in [5.41, 5.74) is 8.14. The Kier molecular flexibility index (Phi) is 4.29. The third-order valence-corrected chi connectivity index (χ3v) is 4.54. The lowest BCUT2D eigenvalue weighted by atomic mass is 10.1. The Hall–Kier alpha value is -1.92. The van der Waals surface area contributed by atoms with Gasteiger partial charge in [0.05, 0.1) is 5.69 Å². The molecule has 0 saturated heterocycles. The van der Waals surface area contributed by atoms with E-state index in [-0.39, 0.29) is 6.54 Å². The Labute approximate surface area is 123 Å². The zero-order valence-electron chi connectivity index (χ0n) is 11.9. The summed E-state index contributed by atoms with van der Waals surface area (Å²) in [5.74, 6) is -0.801. The van der Waals surface area contributed by atoms with E-state index in [1.807, 2.05) is 13.0 Å². The van der Waals surface area contributed by atoms with Crippen LogP contribution in [0.4, 0.5) is 10.1 Å². The third-order valence-electron chi connectivity index (χ3n) is 3.16. The van der Waals surface area contributed by atoms with Crippen LogP contribution in [0.2, 0.25) is 0 Å². The molecular formula is C15H17FN2O2S. The first-order valence-electron chi connectivity index (χ1n) is 6.42. The molecule has 6 heteroatoms. The second-order valence-corrected chi connectivity index (χ2v) is 6.54. The maximum Gasteiger partial charge on any atom is 0.264 e. The van der Waals surface area contributed by atoms with Gasteiger partial charge in [-0.05, 0) is 48.7 Å². The highest BCUT2D eigenvalue weighted by Gasteiger charge is 2.20. The predicted molar refractivity (Wildman–Crippen MR) is 81.0 cm³/mol. The van der Waals surface area contributed by atoms with E-state index in [4.69, 9.17) is 5.73 Å². The van der Waals surface area contributed by atoms with Gasteiger partial charge in [0, 0.05) is 6.54 Å². The monoisotopic (exact) mass is 308 g/mol. The molecule has 0 unspecified atom stereocenters. The van der Waals surface area contributed by atoms with Gasteiger partial charge in [-0.3, -0.25) is 4.72 Å². The Balaban J connectivity index is 2.45. The molecule has 0 spiro atoms. The quantitative estimate of drug-likeness (QED) is 0.912. The first-order chi connectivity index (χ1) is 9.83. The number of nitrogens with two attached hydrogens (primary N) is 1. The second kappa shape index (κ2) is 5.83. The maximum absolute atomic E-state index is 13.8. The number of hydrogen-bond acceptors (Lipinski definition) is 3. The lowest BCUT2D eigenvalue weighted by molar-refractivity contribution is 0.569. The molecule has 0 saturated carbocycles. The van der Waals surface area contributed by atoms with Crippen LogP contribution in [0.25, 0.3) is 0 Å². The topological polar surface area (TPSA) is 72.2 Å². The fraction of sp³-hybridized carbons (Fsp3) is 0.200. The van der Waals surface area contributed by atoms with Gasteiger partial charge >= 0.3 is 0 Å². The number of nitrogens with one attached hydrogen (secondary N) is 1. The highest BCUT2D eigenvalue weighted by molar-refractivity contribution is 7.92. The molecule has 0 bridgehead atoms. The molecule has 0 heterocycles. The van der Waals surface area contributed by atoms with Gasteiger partial charge in [0.1, 0.15) is 10.7 Å². The standard InChI is InChI=1S/C15H17FN2O2S/c1-10-3-4-11(2)14(7-10)18-21(19,20)15-8-12(9-17)5-6-13(15)16/h3-8,18H,9,17H2,1-2H3. The van der Waals surface area contributed by atoms with Gasteiger partial charge in [-0.15, -0.1) is 0 Å². The van der Waals surface area contributed by atoms with Crippen molar-refractivity contribution in [1.29, 1.82) is 0 Å². The highest BCUT2D eigenvalue weighted by Crippen LogP contribution is 2.23. The van der Waals surface area contributed by atoms with Gasteiger partial charge < -0.3 is 5.73 Å². The van der Waals surface area contributed by atoms with Crippen LogP contribution in [0.3, 0.4) is 0 Å².